The van der Waals surface area contributed by atoms with Crippen molar-refractivity contribution < 1.29 is 4.39 Å². The summed E-state index contributed by atoms with van der Waals surface area (Å²) >= 11 is 0. The van der Waals surface area contributed by atoms with Crippen molar-refractivity contribution in [3.8, 4) is 6.07 Å². The second kappa shape index (κ2) is 10.2. The van der Waals surface area contributed by atoms with E-state index in [4.69, 9.17) is 0 Å². The Morgan fingerprint density at radius 2 is 1.89 bits per heavy atom. The van der Waals surface area contributed by atoms with Gasteiger partial charge < -0.3 is 15.1 Å². The van der Waals surface area contributed by atoms with Crippen molar-refractivity contribution in [1.82, 2.24) is 31.0 Å². The molecule has 35 heavy (non-hydrogen) atoms. The van der Waals surface area contributed by atoms with Crippen LogP contribution in [0.2, 0.25) is 0 Å². The molecule has 2 saturated heterocycles. The van der Waals surface area contributed by atoms with Crippen LogP contribution in [0.1, 0.15) is 47.1 Å². The van der Waals surface area contributed by atoms with Gasteiger partial charge in [-0.3, -0.25) is 5.43 Å². The maximum absolute atomic E-state index is 15.3. The number of piperazine rings is 1. The molecule has 3 fully saturated rings. The second-order valence-corrected chi connectivity index (χ2v) is 10.3. The first kappa shape index (κ1) is 24.1. The zero-order valence-corrected chi connectivity index (χ0v) is 20.8. The number of aryl methyl sites for hydroxylation is 1. The lowest BCUT2D eigenvalue weighted by atomic mass is 9.66. The van der Waals surface area contributed by atoms with E-state index in [0.717, 1.165) is 55.2 Å². The average molecular weight is 479 g/mol. The number of aromatic nitrogens is 2. The summed E-state index contributed by atoms with van der Waals surface area (Å²) in [6.45, 7) is 6.46. The lowest BCUT2D eigenvalue weighted by Gasteiger charge is -2.37. The van der Waals surface area contributed by atoms with Crippen LogP contribution in [0.15, 0.2) is 24.5 Å². The van der Waals surface area contributed by atoms with Crippen LogP contribution >= 0.6 is 0 Å². The molecule has 5 atom stereocenters. The van der Waals surface area contributed by atoms with Gasteiger partial charge in [0.05, 0.1) is 18.0 Å². The van der Waals surface area contributed by atoms with Crippen LogP contribution in [0.5, 0.6) is 0 Å². The highest BCUT2D eigenvalue weighted by Crippen LogP contribution is 2.48. The van der Waals surface area contributed by atoms with Gasteiger partial charge in [0.15, 0.2) is 0 Å². The highest BCUT2D eigenvalue weighted by Gasteiger charge is 2.46. The molecule has 1 aromatic heterocycles. The third-order valence-electron chi connectivity index (χ3n) is 8.01. The summed E-state index contributed by atoms with van der Waals surface area (Å²) in [5.41, 5.74) is 10.4. The summed E-state index contributed by atoms with van der Waals surface area (Å²) in [7, 11) is 3.99. The highest BCUT2D eigenvalue weighted by atomic mass is 19.1. The third-order valence-corrected chi connectivity index (χ3v) is 8.01. The second-order valence-electron chi connectivity index (χ2n) is 10.3. The van der Waals surface area contributed by atoms with E-state index in [0.29, 0.717) is 18.5 Å². The first-order valence-electron chi connectivity index (χ1n) is 12.6. The number of likely N-dealkylation sites (N-methyl/N-ethyl adjacent to an activating group) is 1. The zero-order chi connectivity index (χ0) is 24.5. The van der Waals surface area contributed by atoms with Gasteiger partial charge in [0.2, 0.25) is 5.95 Å². The van der Waals surface area contributed by atoms with Crippen molar-refractivity contribution in [2.24, 2.45) is 11.8 Å². The fraction of sp³-hybridized carbons (Fsp3) is 0.577. The molecular formula is C26H35FN8. The topological polar surface area (TPSA) is 92.1 Å². The molecule has 3 heterocycles. The monoisotopic (exact) mass is 478 g/mol. The predicted octanol–water partition coefficient (Wildman–Crippen LogP) is 2.25. The lowest BCUT2D eigenvalue weighted by Crippen LogP contribution is -2.45. The number of nitrogens with zero attached hydrogens (tertiary/aromatic N) is 5. The van der Waals surface area contributed by atoms with E-state index in [1.54, 1.807) is 6.07 Å². The number of rotatable bonds is 5. The van der Waals surface area contributed by atoms with E-state index < -0.39 is 0 Å². The van der Waals surface area contributed by atoms with Gasteiger partial charge in [-0.05, 0) is 62.5 Å². The predicted molar refractivity (Wildman–Crippen MR) is 133 cm³/mol. The van der Waals surface area contributed by atoms with Crippen molar-refractivity contribution in [3.05, 3.63) is 52.6 Å². The molecule has 3 aliphatic rings. The summed E-state index contributed by atoms with van der Waals surface area (Å²) in [6.07, 6.45) is 5.27. The lowest BCUT2D eigenvalue weighted by molar-refractivity contribution is 0.234. The molecule has 8 nitrogen and oxygen atoms in total. The normalized spacial score (nSPS) is 29.1. The van der Waals surface area contributed by atoms with Gasteiger partial charge >= 0.3 is 0 Å². The number of hydrogen-bond donors (Lipinski definition) is 3. The molecule has 5 rings (SSSR count). The Kier molecular flexibility index (Phi) is 6.98. The van der Waals surface area contributed by atoms with Crippen LogP contribution in [0.3, 0.4) is 0 Å². The molecular weight excluding hydrogens is 443 g/mol. The molecule has 0 spiro atoms. The van der Waals surface area contributed by atoms with Crippen molar-refractivity contribution in [2.45, 2.75) is 44.3 Å². The minimum atomic E-state index is -0.233. The van der Waals surface area contributed by atoms with Crippen molar-refractivity contribution in [2.75, 3.05) is 45.2 Å². The number of hydrazine groups is 1. The maximum atomic E-state index is 15.3. The third kappa shape index (κ3) is 4.76. The van der Waals surface area contributed by atoms with Crippen molar-refractivity contribution >= 4 is 5.95 Å². The summed E-state index contributed by atoms with van der Waals surface area (Å²) in [5, 5.41) is 13.0. The number of nitriles is 1. The Balaban J connectivity index is 1.37. The van der Waals surface area contributed by atoms with E-state index in [1.165, 1.54) is 0 Å². The molecule has 1 saturated carbocycles. The molecule has 186 valence electrons. The molecule has 0 amide bonds. The van der Waals surface area contributed by atoms with Crippen LogP contribution < -0.4 is 21.1 Å². The largest absolute Gasteiger partial charge is 0.338 e. The minimum absolute atomic E-state index is 0.0237. The van der Waals surface area contributed by atoms with Gasteiger partial charge in [-0.15, -0.1) is 0 Å². The number of fused-ring (bicyclic) bond motifs is 1. The number of halogens is 1. The quantitative estimate of drug-likeness (QED) is 0.603. The number of benzene rings is 1. The van der Waals surface area contributed by atoms with Gasteiger partial charge in [0, 0.05) is 62.6 Å². The van der Waals surface area contributed by atoms with E-state index in [2.05, 4.69) is 49.1 Å². The van der Waals surface area contributed by atoms with E-state index in [-0.39, 0.29) is 35.7 Å². The zero-order valence-electron chi connectivity index (χ0n) is 20.8. The van der Waals surface area contributed by atoms with E-state index >= 15 is 4.39 Å². The van der Waals surface area contributed by atoms with Crippen LogP contribution in [-0.2, 0) is 6.54 Å². The summed E-state index contributed by atoms with van der Waals surface area (Å²) < 4.78 is 15.3. The summed E-state index contributed by atoms with van der Waals surface area (Å²) in [6, 6.07) is 6.32. The van der Waals surface area contributed by atoms with Crippen LogP contribution in [0, 0.1) is 35.9 Å². The van der Waals surface area contributed by atoms with Crippen LogP contribution in [-0.4, -0.2) is 61.2 Å². The van der Waals surface area contributed by atoms with E-state index in [9.17, 15) is 5.26 Å². The molecule has 0 bridgehead atoms. The van der Waals surface area contributed by atoms with Crippen molar-refractivity contribution in [3.63, 3.8) is 0 Å². The van der Waals surface area contributed by atoms with Gasteiger partial charge in [0.25, 0.3) is 0 Å². The van der Waals surface area contributed by atoms with Gasteiger partial charge in [0.1, 0.15) is 5.82 Å². The van der Waals surface area contributed by atoms with Gasteiger partial charge in [-0.25, -0.2) is 19.8 Å². The van der Waals surface area contributed by atoms with Crippen LogP contribution in [0.4, 0.5) is 10.3 Å². The fourth-order valence-electron chi connectivity index (χ4n) is 6.13. The number of hydrogen-bond acceptors (Lipinski definition) is 8. The fourth-order valence-corrected chi connectivity index (χ4v) is 6.13. The first-order valence-corrected chi connectivity index (χ1v) is 12.6. The minimum Gasteiger partial charge on any atom is -0.338 e. The Labute approximate surface area is 206 Å². The molecule has 5 unspecified atom stereocenters. The molecule has 1 aliphatic carbocycles. The Bertz CT molecular complexity index is 1050. The summed E-state index contributed by atoms with van der Waals surface area (Å²) in [4.78, 5) is 13.9. The number of anilines is 1. The first-order chi connectivity index (χ1) is 17.0. The average Bonchev–Trinajstić information content (AvgIpc) is 3.27. The molecule has 9 heteroatoms. The summed E-state index contributed by atoms with van der Waals surface area (Å²) in [5.74, 6) is 0.422. The van der Waals surface area contributed by atoms with Crippen LogP contribution in [0.25, 0.3) is 0 Å². The Hall–Kier alpha value is -2.64. The number of nitrogens with one attached hydrogen (secondary N) is 3. The Morgan fingerprint density at radius 1 is 1.14 bits per heavy atom. The maximum Gasteiger partial charge on any atom is 0.225 e. The molecule has 2 aliphatic heterocycles. The molecule has 2 aromatic rings. The molecule has 0 radical (unpaired) electrons. The smallest absolute Gasteiger partial charge is 0.225 e. The molecule has 1 aromatic carbocycles. The SMILES string of the molecule is CNCc1cc(C)c(C2CC3C(CC2C#N)NNC3c2cnc(N3CCN(C)CC3)nc2)c(F)c1. The standard InChI is InChI=1S/C26H35FN8/c1-16-8-17(13-29-2)9-22(27)24(16)20-11-21-23(10-18(20)12-28)32-33-25(21)19-14-30-26(31-15-19)35-6-4-34(3)5-7-35/h8-9,14-15,18,20-21,23,25,29,32-33H,4-7,10-11,13H2,1-3H3. The Morgan fingerprint density at radius 3 is 2.54 bits per heavy atom. The van der Waals surface area contributed by atoms with Crippen molar-refractivity contribution in [1.29, 1.82) is 5.26 Å². The van der Waals surface area contributed by atoms with E-state index in [1.807, 2.05) is 32.4 Å². The van der Waals surface area contributed by atoms with Gasteiger partial charge in [-0.2, -0.15) is 5.26 Å². The highest BCUT2D eigenvalue weighted by molar-refractivity contribution is 5.38. The van der Waals surface area contributed by atoms with Gasteiger partial charge in [-0.1, -0.05) is 6.07 Å². The molecule has 3 N–H and O–H groups in total.